The van der Waals surface area contributed by atoms with E-state index in [4.69, 9.17) is 18.6 Å². The largest absolute Gasteiger partial charge is 0.487 e. The van der Waals surface area contributed by atoms with Crippen LogP contribution >= 0.6 is 0 Å². The van der Waals surface area contributed by atoms with E-state index in [1.54, 1.807) is 13.2 Å². The highest BCUT2D eigenvalue weighted by Gasteiger charge is 2.30. The number of carbonyl (C=O) groups excluding carboxylic acids is 1. The molecule has 0 saturated carbocycles. The molecule has 7 nitrogen and oxygen atoms in total. The summed E-state index contributed by atoms with van der Waals surface area (Å²) in [6.45, 7) is 6.53. The van der Waals surface area contributed by atoms with E-state index in [2.05, 4.69) is 5.32 Å². The van der Waals surface area contributed by atoms with Crippen molar-refractivity contribution in [3.8, 4) is 11.5 Å². The van der Waals surface area contributed by atoms with E-state index in [9.17, 15) is 9.59 Å². The quantitative estimate of drug-likeness (QED) is 0.616. The summed E-state index contributed by atoms with van der Waals surface area (Å²) < 4.78 is 22.3. The molecule has 7 heteroatoms. The second-order valence-electron chi connectivity index (χ2n) is 7.30. The van der Waals surface area contributed by atoms with E-state index in [1.165, 1.54) is 6.07 Å². The van der Waals surface area contributed by atoms with Gasteiger partial charge >= 0.3 is 5.63 Å². The molecule has 1 aliphatic heterocycles. The van der Waals surface area contributed by atoms with Crippen LogP contribution in [0.1, 0.15) is 31.4 Å². The smallest absolute Gasteiger partial charge is 0.336 e. The minimum atomic E-state index is -0.415. The number of amides is 1. The molecule has 27 heavy (non-hydrogen) atoms. The minimum absolute atomic E-state index is 0.153. The molecule has 1 aliphatic rings. The van der Waals surface area contributed by atoms with E-state index in [0.717, 1.165) is 24.0 Å². The minimum Gasteiger partial charge on any atom is -0.487 e. The molecule has 0 fully saturated rings. The topological polar surface area (TPSA) is 87.0 Å². The van der Waals surface area contributed by atoms with Gasteiger partial charge in [0.2, 0.25) is 0 Å². The molecular weight excluding hydrogens is 350 g/mol. The maximum atomic E-state index is 12.0. The van der Waals surface area contributed by atoms with Gasteiger partial charge in [0.25, 0.3) is 5.91 Å². The monoisotopic (exact) mass is 375 g/mol. The van der Waals surface area contributed by atoms with Crippen LogP contribution < -0.4 is 20.4 Å². The van der Waals surface area contributed by atoms with E-state index in [1.807, 2.05) is 20.8 Å². The van der Waals surface area contributed by atoms with E-state index in [-0.39, 0.29) is 18.1 Å². The maximum Gasteiger partial charge on any atom is 0.336 e. The number of nitrogens with one attached hydrogen (secondary N) is 1. The molecule has 1 aromatic heterocycles. The average molecular weight is 375 g/mol. The van der Waals surface area contributed by atoms with Crippen LogP contribution in [-0.4, -0.2) is 38.4 Å². The number of aryl methyl sites for hydroxylation is 2. The Bertz CT molecular complexity index is 915. The zero-order valence-electron chi connectivity index (χ0n) is 16.1. The molecule has 0 spiro atoms. The lowest BCUT2D eigenvalue weighted by atomic mass is 9.92. The van der Waals surface area contributed by atoms with Crippen LogP contribution in [0.2, 0.25) is 0 Å². The maximum absolute atomic E-state index is 12.0. The number of ether oxygens (including phenoxy) is 3. The third-order valence-corrected chi connectivity index (χ3v) is 4.59. The Morgan fingerprint density at radius 3 is 2.85 bits per heavy atom. The fraction of sp³-hybridized carbons (Fsp3) is 0.500. The summed E-state index contributed by atoms with van der Waals surface area (Å²) in [5.74, 6) is 0.834. The van der Waals surface area contributed by atoms with Crippen LogP contribution in [0.5, 0.6) is 11.5 Å². The van der Waals surface area contributed by atoms with Gasteiger partial charge < -0.3 is 23.9 Å². The molecule has 0 saturated heterocycles. The van der Waals surface area contributed by atoms with Crippen LogP contribution in [0.3, 0.4) is 0 Å². The first-order chi connectivity index (χ1) is 12.8. The third-order valence-electron chi connectivity index (χ3n) is 4.59. The number of rotatable bonds is 6. The Hall–Kier alpha value is -2.54. The molecule has 3 rings (SSSR count). The van der Waals surface area contributed by atoms with Crippen LogP contribution in [0.15, 0.2) is 21.3 Å². The number of hydrogen-bond donors (Lipinski definition) is 1. The zero-order valence-corrected chi connectivity index (χ0v) is 16.1. The van der Waals surface area contributed by atoms with Crippen molar-refractivity contribution in [3.63, 3.8) is 0 Å². The van der Waals surface area contributed by atoms with E-state index >= 15 is 0 Å². The van der Waals surface area contributed by atoms with Gasteiger partial charge in [0.15, 0.2) is 6.61 Å². The Morgan fingerprint density at radius 1 is 1.33 bits per heavy atom. The van der Waals surface area contributed by atoms with E-state index < -0.39 is 5.63 Å². The molecule has 146 valence electrons. The predicted octanol–water partition coefficient (Wildman–Crippen LogP) is 2.35. The van der Waals surface area contributed by atoms with Gasteiger partial charge in [-0.1, -0.05) is 0 Å². The lowest BCUT2D eigenvalue weighted by Crippen LogP contribution is -2.33. The third kappa shape index (κ3) is 4.24. The highest BCUT2D eigenvalue weighted by Crippen LogP contribution is 2.42. The summed E-state index contributed by atoms with van der Waals surface area (Å²) in [7, 11) is 1.57. The second kappa shape index (κ2) is 7.60. The second-order valence-corrected chi connectivity index (χ2v) is 7.30. The van der Waals surface area contributed by atoms with Crippen molar-refractivity contribution < 1.29 is 23.4 Å². The summed E-state index contributed by atoms with van der Waals surface area (Å²) in [5, 5.41) is 3.40. The molecule has 0 bridgehead atoms. The van der Waals surface area contributed by atoms with E-state index in [0.29, 0.717) is 35.6 Å². The molecule has 0 aliphatic carbocycles. The first-order valence-corrected chi connectivity index (χ1v) is 8.98. The van der Waals surface area contributed by atoms with Crippen molar-refractivity contribution in [2.24, 2.45) is 0 Å². The van der Waals surface area contributed by atoms with Gasteiger partial charge in [-0.2, -0.15) is 0 Å². The van der Waals surface area contributed by atoms with Gasteiger partial charge in [-0.3, -0.25) is 4.79 Å². The lowest BCUT2D eigenvalue weighted by molar-refractivity contribution is -0.123. The van der Waals surface area contributed by atoms with Gasteiger partial charge in [0, 0.05) is 31.4 Å². The Kier molecular flexibility index (Phi) is 5.41. The summed E-state index contributed by atoms with van der Waals surface area (Å²) in [4.78, 5) is 23.9. The summed E-state index contributed by atoms with van der Waals surface area (Å²) >= 11 is 0. The summed E-state index contributed by atoms with van der Waals surface area (Å²) in [5.41, 5.74) is 1.34. The van der Waals surface area contributed by atoms with Crippen molar-refractivity contribution in [3.05, 3.63) is 33.7 Å². The van der Waals surface area contributed by atoms with Gasteiger partial charge in [-0.25, -0.2) is 4.79 Å². The fourth-order valence-corrected chi connectivity index (χ4v) is 3.22. The molecule has 2 aromatic rings. The molecule has 0 radical (unpaired) electrons. The van der Waals surface area contributed by atoms with Crippen molar-refractivity contribution in [1.82, 2.24) is 5.32 Å². The van der Waals surface area contributed by atoms with Crippen LogP contribution in [0.4, 0.5) is 0 Å². The van der Waals surface area contributed by atoms with Gasteiger partial charge in [0.1, 0.15) is 22.7 Å². The molecular formula is C20H25NO6. The SMILES string of the molecule is COCCNC(=O)COc1cc2c(c3oc(=O)cc(C)c13)CCC(C)(C)O2. The number of methoxy groups -OCH3 is 1. The first kappa shape index (κ1) is 19.2. The standard InChI is InChI=1S/C20H25NO6/c1-12-9-17(23)26-19-13-5-6-20(2,3)27-14(13)10-15(18(12)19)25-11-16(22)21-7-8-24-4/h9-10H,5-8,11H2,1-4H3,(H,21,22). The molecule has 0 atom stereocenters. The fourth-order valence-electron chi connectivity index (χ4n) is 3.22. The number of hydrogen-bond acceptors (Lipinski definition) is 6. The molecule has 0 unspecified atom stereocenters. The molecule has 1 aromatic carbocycles. The predicted molar refractivity (Wildman–Crippen MR) is 101 cm³/mol. The Labute approximate surface area is 157 Å². The van der Waals surface area contributed by atoms with Crippen LogP contribution in [-0.2, 0) is 16.0 Å². The van der Waals surface area contributed by atoms with Crippen molar-refractivity contribution in [2.75, 3.05) is 26.9 Å². The Balaban J connectivity index is 1.97. The summed E-state index contributed by atoms with van der Waals surface area (Å²) in [6, 6.07) is 3.21. The molecule has 2 heterocycles. The normalized spacial score (nSPS) is 15.1. The van der Waals surface area contributed by atoms with Crippen molar-refractivity contribution in [2.45, 2.75) is 39.2 Å². The van der Waals surface area contributed by atoms with Crippen molar-refractivity contribution >= 4 is 16.9 Å². The number of carbonyl (C=O) groups is 1. The van der Waals surface area contributed by atoms with Crippen LogP contribution in [0, 0.1) is 6.92 Å². The highest BCUT2D eigenvalue weighted by atomic mass is 16.5. The van der Waals surface area contributed by atoms with Gasteiger partial charge in [0.05, 0.1) is 12.0 Å². The highest BCUT2D eigenvalue weighted by molar-refractivity contribution is 5.91. The average Bonchev–Trinajstić information content (AvgIpc) is 2.58. The zero-order chi connectivity index (χ0) is 19.6. The Morgan fingerprint density at radius 2 is 2.11 bits per heavy atom. The van der Waals surface area contributed by atoms with Gasteiger partial charge in [-0.05, 0) is 39.2 Å². The number of benzene rings is 1. The first-order valence-electron chi connectivity index (χ1n) is 8.98. The lowest BCUT2D eigenvalue weighted by Gasteiger charge is -2.33. The summed E-state index contributed by atoms with van der Waals surface area (Å²) in [6.07, 6.45) is 1.55. The van der Waals surface area contributed by atoms with Crippen LogP contribution in [0.25, 0.3) is 11.0 Å². The van der Waals surface area contributed by atoms with Gasteiger partial charge in [-0.15, -0.1) is 0 Å². The van der Waals surface area contributed by atoms with Crippen molar-refractivity contribution in [1.29, 1.82) is 0 Å². The number of fused-ring (bicyclic) bond motifs is 3. The molecule has 1 N–H and O–H groups in total. The molecule has 1 amide bonds.